The fraction of sp³-hybridized carbons (Fsp3) is 0.304. The molecule has 1 saturated heterocycles. The molecule has 0 unspecified atom stereocenters. The number of ether oxygens (including phenoxy) is 1. The number of hydrogen-bond donors (Lipinski definition) is 1. The van der Waals surface area contributed by atoms with Crippen molar-refractivity contribution in [3.05, 3.63) is 76.4 Å². The summed E-state index contributed by atoms with van der Waals surface area (Å²) in [5.41, 5.74) is 1.00. The van der Waals surface area contributed by atoms with Gasteiger partial charge in [0.15, 0.2) is 0 Å². The van der Waals surface area contributed by atoms with Crippen LogP contribution >= 0.6 is 0 Å². The van der Waals surface area contributed by atoms with Crippen molar-refractivity contribution in [1.29, 1.82) is 0 Å². The number of carbonyl (C=O) groups excluding carboxylic acids is 2. The van der Waals surface area contributed by atoms with Crippen molar-refractivity contribution in [2.24, 2.45) is 0 Å². The van der Waals surface area contributed by atoms with Crippen LogP contribution in [0.1, 0.15) is 28.8 Å². The van der Waals surface area contributed by atoms with E-state index in [-0.39, 0.29) is 35.3 Å². The number of aromatic nitrogens is 3. The Morgan fingerprint density at radius 2 is 1.97 bits per heavy atom. The van der Waals surface area contributed by atoms with Gasteiger partial charge in [-0.3, -0.25) is 19.7 Å². The lowest BCUT2D eigenvalue weighted by atomic mass is 10.0. The monoisotopic (exact) mass is 464 g/mol. The summed E-state index contributed by atoms with van der Waals surface area (Å²) < 4.78 is 6.60. The average molecular weight is 464 g/mol. The first kappa shape index (κ1) is 22.9. The molecule has 0 atom stereocenters. The van der Waals surface area contributed by atoms with E-state index in [4.69, 9.17) is 4.74 Å². The van der Waals surface area contributed by atoms with E-state index in [0.717, 1.165) is 5.56 Å². The largest absolute Gasteiger partial charge is 0.496 e. The first-order valence-corrected chi connectivity index (χ1v) is 10.8. The van der Waals surface area contributed by atoms with E-state index in [1.165, 1.54) is 35.5 Å². The van der Waals surface area contributed by atoms with Gasteiger partial charge in [-0.05, 0) is 31.0 Å². The second kappa shape index (κ2) is 10.1. The molecule has 176 valence electrons. The van der Waals surface area contributed by atoms with Crippen molar-refractivity contribution in [1.82, 2.24) is 25.0 Å². The Labute approximate surface area is 195 Å². The van der Waals surface area contributed by atoms with Crippen LogP contribution in [0.3, 0.4) is 0 Å². The molecule has 1 aliphatic heterocycles. The molecule has 0 aliphatic carbocycles. The van der Waals surface area contributed by atoms with E-state index >= 15 is 0 Å². The topological polar surface area (TPSA) is 132 Å². The van der Waals surface area contributed by atoms with Crippen LogP contribution < -0.4 is 10.1 Å². The number of carbonyl (C=O) groups is 2. The number of nitro benzene ring substituents is 1. The predicted molar refractivity (Wildman–Crippen MR) is 122 cm³/mol. The number of nitrogens with zero attached hydrogens (tertiary/aromatic N) is 5. The van der Waals surface area contributed by atoms with Crippen LogP contribution in [0.2, 0.25) is 0 Å². The molecule has 11 nitrogen and oxygen atoms in total. The maximum absolute atomic E-state index is 12.7. The van der Waals surface area contributed by atoms with Crippen molar-refractivity contribution < 1.29 is 19.2 Å². The number of likely N-dealkylation sites (tertiary alicyclic amines) is 1. The number of hydrogen-bond acceptors (Lipinski definition) is 7. The summed E-state index contributed by atoms with van der Waals surface area (Å²) in [5, 5.41) is 18.4. The maximum Gasteiger partial charge on any atom is 0.295 e. The smallest absolute Gasteiger partial charge is 0.295 e. The number of rotatable bonds is 7. The number of para-hydroxylation sites is 1. The quantitative estimate of drug-likeness (QED) is 0.418. The fourth-order valence-electron chi connectivity index (χ4n) is 4.00. The lowest BCUT2D eigenvalue weighted by Crippen LogP contribution is -2.47. The van der Waals surface area contributed by atoms with Gasteiger partial charge in [0.2, 0.25) is 5.91 Å². The Balaban J connectivity index is 1.35. The van der Waals surface area contributed by atoms with Gasteiger partial charge in [-0.25, -0.2) is 9.67 Å². The van der Waals surface area contributed by atoms with E-state index in [1.807, 2.05) is 24.3 Å². The highest BCUT2D eigenvalue weighted by atomic mass is 16.6. The van der Waals surface area contributed by atoms with Gasteiger partial charge < -0.3 is 15.0 Å². The van der Waals surface area contributed by atoms with E-state index in [1.54, 1.807) is 12.0 Å². The molecule has 4 rings (SSSR count). The number of methoxy groups -OCH3 is 1. The minimum atomic E-state index is -0.556. The molecule has 2 aromatic carbocycles. The Morgan fingerprint density at radius 3 is 2.65 bits per heavy atom. The van der Waals surface area contributed by atoms with Gasteiger partial charge in [-0.1, -0.05) is 18.2 Å². The summed E-state index contributed by atoms with van der Waals surface area (Å²) >= 11 is 0. The van der Waals surface area contributed by atoms with Gasteiger partial charge in [-0.2, -0.15) is 5.10 Å². The summed E-state index contributed by atoms with van der Waals surface area (Å²) in [5.74, 6) is 0.294. The lowest BCUT2D eigenvalue weighted by molar-refractivity contribution is -0.384. The predicted octanol–water partition coefficient (Wildman–Crippen LogP) is 2.15. The molecular formula is C23H24N6O5. The number of nitrogens with one attached hydrogen (secondary N) is 1. The van der Waals surface area contributed by atoms with Crippen molar-refractivity contribution in [3.8, 4) is 11.4 Å². The van der Waals surface area contributed by atoms with Crippen LogP contribution in [0.15, 0.2) is 55.1 Å². The summed E-state index contributed by atoms with van der Waals surface area (Å²) in [6.45, 7) is 1.04. The molecule has 1 aliphatic rings. The van der Waals surface area contributed by atoms with Gasteiger partial charge in [0.05, 0.1) is 18.5 Å². The van der Waals surface area contributed by atoms with Gasteiger partial charge in [-0.15, -0.1) is 0 Å². The summed E-state index contributed by atoms with van der Waals surface area (Å²) in [7, 11) is 1.58. The molecule has 0 radical (unpaired) electrons. The second-order valence-electron chi connectivity index (χ2n) is 7.92. The number of piperidine rings is 1. The number of amides is 2. The zero-order chi connectivity index (χ0) is 24.1. The molecule has 3 aromatic rings. The second-order valence-corrected chi connectivity index (χ2v) is 7.92. The highest BCUT2D eigenvalue weighted by Crippen LogP contribution is 2.24. The van der Waals surface area contributed by atoms with E-state index in [9.17, 15) is 19.7 Å². The van der Waals surface area contributed by atoms with E-state index in [0.29, 0.717) is 31.7 Å². The van der Waals surface area contributed by atoms with Gasteiger partial charge in [0.25, 0.3) is 11.6 Å². The third kappa shape index (κ3) is 5.03. The molecule has 1 N–H and O–H groups in total. The Morgan fingerprint density at radius 1 is 1.21 bits per heavy atom. The zero-order valence-electron chi connectivity index (χ0n) is 18.6. The van der Waals surface area contributed by atoms with E-state index in [2.05, 4.69) is 15.4 Å². The van der Waals surface area contributed by atoms with Crippen LogP contribution in [0.5, 0.6) is 5.75 Å². The molecular weight excluding hydrogens is 440 g/mol. The maximum atomic E-state index is 12.7. The molecule has 0 bridgehead atoms. The van der Waals surface area contributed by atoms with Gasteiger partial charge in [0.1, 0.15) is 24.1 Å². The van der Waals surface area contributed by atoms with Crippen LogP contribution in [0.4, 0.5) is 5.69 Å². The number of benzene rings is 2. The van der Waals surface area contributed by atoms with Crippen molar-refractivity contribution >= 4 is 17.5 Å². The van der Waals surface area contributed by atoms with Crippen molar-refractivity contribution in [3.63, 3.8) is 0 Å². The van der Waals surface area contributed by atoms with Crippen LogP contribution in [0, 0.1) is 10.1 Å². The lowest BCUT2D eigenvalue weighted by Gasteiger charge is -2.32. The first-order valence-electron chi connectivity index (χ1n) is 10.8. The summed E-state index contributed by atoms with van der Waals surface area (Å²) in [6, 6.07) is 11.5. The molecule has 0 spiro atoms. The standard InChI is InChI=1S/C23H24N6O5/c1-34-21-5-3-2-4-16(21)13-22(30)27-10-8-18(9-11-27)26-23(31)17-6-7-19(20(12-17)29(32)33)28-15-24-14-25-28/h2-7,12,14-15,18H,8-11,13H2,1H3,(H,26,31). The molecule has 1 aromatic heterocycles. The Bertz CT molecular complexity index is 1190. The van der Waals surface area contributed by atoms with Gasteiger partial charge >= 0.3 is 0 Å². The summed E-state index contributed by atoms with van der Waals surface area (Å²) in [6.07, 6.45) is 4.08. The minimum Gasteiger partial charge on any atom is -0.496 e. The Hall–Kier alpha value is -4.28. The van der Waals surface area contributed by atoms with E-state index < -0.39 is 10.8 Å². The fourth-order valence-corrected chi connectivity index (χ4v) is 4.00. The van der Waals surface area contributed by atoms with Crippen LogP contribution in [-0.2, 0) is 11.2 Å². The van der Waals surface area contributed by atoms with Crippen LogP contribution in [0.25, 0.3) is 5.69 Å². The molecule has 34 heavy (non-hydrogen) atoms. The number of nitro groups is 1. The molecule has 1 fully saturated rings. The first-order chi connectivity index (χ1) is 16.5. The highest BCUT2D eigenvalue weighted by Gasteiger charge is 2.26. The zero-order valence-corrected chi connectivity index (χ0v) is 18.6. The average Bonchev–Trinajstić information content (AvgIpc) is 3.39. The molecule has 2 heterocycles. The highest BCUT2D eigenvalue weighted by molar-refractivity contribution is 5.95. The van der Waals surface area contributed by atoms with Crippen LogP contribution in [-0.4, -0.2) is 62.6 Å². The van der Waals surface area contributed by atoms with Crippen molar-refractivity contribution in [2.45, 2.75) is 25.3 Å². The van der Waals surface area contributed by atoms with Gasteiger partial charge in [0, 0.05) is 36.3 Å². The normalized spacial score (nSPS) is 14.0. The molecule has 0 saturated carbocycles. The molecule has 2 amide bonds. The van der Waals surface area contributed by atoms with Crippen molar-refractivity contribution in [2.75, 3.05) is 20.2 Å². The SMILES string of the molecule is COc1ccccc1CC(=O)N1CCC(NC(=O)c2ccc(-n3cncn3)c([N+](=O)[O-])c2)CC1. The third-order valence-electron chi connectivity index (χ3n) is 5.82. The minimum absolute atomic E-state index is 0.00796. The molecule has 11 heteroatoms. The summed E-state index contributed by atoms with van der Waals surface area (Å²) in [4.78, 5) is 42.0. The third-order valence-corrected chi connectivity index (χ3v) is 5.82. The Kier molecular flexibility index (Phi) is 6.81.